The molecule has 5 atom stereocenters. The maximum atomic E-state index is 2.70. The van der Waals surface area contributed by atoms with Crippen molar-refractivity contribution in [3.8, 4) is 44.5 Å². The molecule has 2 spiro atoms. The Bertz CT molecular complexity index is 2770. The lowest BCUT2D eigenvalue weighted by Gasteiger charge is -2.51. The lowest BCUT2D eigenvalue weighted by Crippen LogP contribution is -2.47. The summed E-state index contributed by atoms with van der Waals surface area (Å²) in [5.41, 5.74) is 20.9. The number of hydrogen-bond acceptors (Lipinski definition) is 1. The van der Waals surface area contributed by atoms with E-state index < -0.39 is 0 Å². The van der Waals surface area contributed by atoms with Crippen molar-refractivity contribution >= 4 is 17.1 Å². The quantitative estimate of drug-likeness (QED) is 0.162. The summed E-state index contributed by atoms with van der Waals surface area (Å²) in [5, 5.41) is 0. The van der Waals surface area contributed by atoms with Crippen molar-refractivity contribution in [3.63, 3.8) is 0 Å². The van der Waals surface area contributed by atoms with Gasteiger partial charge in [-0.25, -0.2) is 0 Å². The molecule has 0 radical (unpaired) electrons. The van der Waals surface area contributed by atoms with Crippen molar-refractivity contribution in [1.82, 2.24) is 0 Å². The molecule has 302 valence electrons. The Balaban J connectivity index is 1.12. The Morgan fingerprint density at radius 1 is 0.492 bits per heavy atom. The van der Waals surface area contributed by atoms with Gasteiger partial charge in [0.05, 0.1) is 5.69 Å². The zero-order valence-electron chi connectivity index (χ0n) is 35.9. The molecule has 1 heteroatoms. The molecule has 5 aliphatic carbocycles. The van der Waals surface area contributed by atoms with Crippen LogP contribution in [-0.4, -0.2) is 0 Å². The number of rotatable bonds is 6. The molecule has 3 saturated carbocycles. The SMILES string of the molecule is CCC1CCC2CC[C@H](C)C(C1)C21c2ccccc2-c2ccc(N(c3ccc4c(c3)C3(CCCC3)c3ccccc3-4)c3ccc(-c4ccccc4)cc3-c3ccccc3)cc21. The monoisotopic (exact) mass is 791 g/mol. The van der Waals surface area contributed by atoms with E-state index in [9.17, 15) is 0 Å². The summed E-state index contributed by atoms with van der Waals surface area (Å²) in [6.45, 7) is 5.04. The third-order valence-corrected chi connectivity index (χ3v) is 16.7. The highest BCUT2D eigenvalue weighted by Crippen LogP contribution is 2.66. The van der Waals surface area contributed by atoms with E-state index in [1.54, 1.807) is 16.7 Å². The van der Waals surface area contributed by atoms with Gasteiger partial charge in [0.2, 0.25) is 0 Å². The molecule has 4 unspecified atom stereocenters. The first-order valence-electron chi connectivity index (χ1n) is 23.6. The summed E-state index contributed by atoms with van der Waals surface area (Å²) < 4.78 is 0. The molecular formula is C60H57N. The molecule has 0 aliphatic heterocycles. The minimum atomic E-state index is 0.0299. The molecule has 1 nitrogen and oxygen atoms in total. The molecular weight excluding hydrogens is 735 g/mol. The van der Waals surface area contributed by atoms with Crippen LogP contribution >= 0.6 is 0 Å². The number of anilines is 3. The van der Waals surface area contributed by atoms with Crippen LogP contribution in [-0.2, 0) is 10.8 Å². The van der Waals surface area contributed by atoms with Crippen LogP contribution in [0.2, 0.25) is 0 Å². The van der Waals surface area contributed by atoms with Crippen LogP contribution < -0.4 is 4.90 Å². The lowest BCUT2D eigenvalue weighted by molar-refractivity contribution is 0.0913. The fourth-order valence-corrected chi connectivity index (χ4v) is 13.9. The van der Waals surface area contributed by atoms with Gasteiger partial charge in [-0.3, -0.25) is 0 Å². The van der Waals surface area contributed by atoms with Gasteiger partial charge in [0.15, 0.2) is 0 Å². The Morgan fingerprint density at radius 2 is 1.08 bits per heavy atom. The summed E-state index contributed by atoms with van der Waals surface area (Å²) in [5.74, 6) is 2.79. The van der Waals surface area contributed by atoms with Crippen LogP contribution in [0.5, 0.6) is 0 Å². The molecule has 7 aromatic rings. The van der Waals surface area contributed by atoms with Crippen LogP contribution in [0.25, 0.3) is 44.5 Å². The Hall–Kier alpha value is -5.66. The van der Waals surface area contributed by atoms with Crippen molar-refractivity contribution in [2.24, 2.45) is 23.7 Å². The van der Waals surface area contributed by atoms with Gasteiger partial charge in [0.25, 0.3) is 0 Å². The van der Waals surface area contributed by atoms with E-state index in [1.807, 2.05) is 0 Å². The smallest absolute Gasteiger partial charge is 0.0540 e. The molecule has 7 aromatic carbocycles. The fraction of sp³-hybridized carbons (Fsp3) is 0.300. The molecule has 61 heavy (non-hydrogen) atoms. The van der Waals surface area contributed by atoms with Gasteiger partial charge >= 0.3 is 0 Å². The van der Waals surface area contributed by atoms with Gasteiger partial charge in [0, 0.05) is 27.8 Å². The zero-order valence-corrected chi connectivity index (χ0v) is 35.9. The van der Waals surface area contributed by atoms with Gasteiger partial charge in [-0.2, -0.15) is 0 Å². The van der Waals surface area contributed by atoms with Crippen LogP contribution in [0.4, 0.5) is 17.1 Å². The van der Waals surface area contributed by atoms with Gasteiger partial charge in [0.1, 0.15) is 0 Å². The first-order chi connectivity index (χ1) is 30.1. The summed E-state index contributed by atoms with van der Waals surface area (Å²) in [7, 11) is 0. The van der Waals surface area contributed by atoms with E-state index in [4.69, 9.17) is 0 Å². The molecule has 0 aromatic heterocycles. The van der Waals surface area contributed by atoms with Crippen LogP contribution in [0.3, 0.4) is 0 Å². The van der Waals surface area contributed by atoms with Gasteiger partial charge < -0.3 is 4.90 Å². The van der Waals surface area contributed by atoms with E-state index in [-0.39, 0.29) is 10.8 Å². The van der Waals surface area contributed by atoms with Crippen molar-refractivity contribution in [1.29, 1.82) is 0 Å². The van der Waals surface area contributed by atoms with Crippen molar-refractivity contribution in [2.45, 2.75) is 88.9 Å². The Morgan fingerprint density at radius 3 is 1.80 bits per heavy atom. The molecule has 3 fully saturated rings. The van der Waals surface area contributed by atoms with Gasteiger partial charge in [-0.15, -0.1) is 0 Å². The third kappa shape index (κ3) is 5.51. The zero-order chi connectivity index (χ0) is 40.7. The highest BCUT2D eigenvalue weighted by molar-refractivity contribution is 5.94. The van der Waals surface area contributed by atoms with E-state index in [0.29, 0.717) is 17.8 Å². The number of benzene rings is 7. The largest absolute Gasteiger partial charge is 0.310 e. The highest BCUT2D eigenvalue weighted by atomic mass is 15.1. The molecule has 2 bridgehead atoms. The molecule has 0 amide bonds. The topological polar surface area (TPSA) is 3.24 Å². The average molecular weight is 792 g/mol. The molecule has 12 rings (SSSR count). The average Bonchev–Trinajstić information content (AvgIpc) is 3.98. The Kier molecular flexibility index (Phi) is 8.81. The lowest BCUT2D eigenvalue weighted by atomic mass is 9.52. The standard InChI is InChI=1S/C60H57N/c1-3-41-25-28-45-27-24-40(2)55(36-41)60(45)54-23-13-11-21-49(54)51-32-30-47(39-57(51)60)61(46-29-31-50-48-20-10-12-22-53(48)59(56(50)38-46)34-14-15-35-59)58-33-26-44(42-16-6-4-7-17-42)37-52(58)43-18-8-5-9-19-43/h4-13,16-23,26,29-33,37-41,45,55H,3,14-15,24-25,27-28,34-36H2,1-2H3/t40-,41?,45?,55?,60?/m0/s1. The minimum absolute atomic E-state index is 0.0299. The van der Waals surface area contributed by atoms with E-state index in [0.717, 1.165) is 5.92 Å². The van der Waals surface area contributed by atoms with Gasteiger partial charge in [-0.05, 0) is 153 Å². The highest BCUT2D eigenvalue weighted by Gasteiger charge is 2.58. The minimum Gasteiger partial charge on any atom is -0.310 e. The second kappa shape index (κ2) is 14.5. The maximum absolute atomic E-state index is 2.70. The molecule has 5 aliphatic rings. The Labute approximate surface area is 363 Å². The van der Waals surface area contributed by atoms with E-state index in [2.05, 4.69) is 183 Å². The summed E-state index contributed by atoms with van der Waals surface area (Å²) >= 11 is 0. The van der Waals surface area contributed by atoms with Crippen LogP contribution in [0.15, 0.2) is 164 Å². The van der Waals surface area contributed by atoms with E-state index in [1.165, 1.54) is 131 Å². The van der Waals surface area contributed by atoms with Crippen molar-refractivity contribution in [2.75, 3.05) is 4.90 Å². The number of fused-ring (bicyclic) bond motifs is 8. The predicted molar refractivity (Wildman–Crippen MR) is 256 cm³/mol. The first-order valence-corrected chi connectivity index (χ1v) is 23.6. The molecule has 0 N–H and O–H groups in total. The van der Waals surface area contributed by atoms with Crippen molar-refractivity contribution < 1.29 is 0 Å². The van der Waals surface area contributed by atoms with Crippen LogP contribution in [0, 0.1) is 23.7 Å². The van der Waals surface area contributed by atoms with Gasteiger partial charge in [-0.1, -0.05) is 173 Å². The molecule has 0 saturated heterocycles. The number of hydrogen-bond donors (Lipinski definition) is 0. The fourth-order valence-electron chi connectivity index (χ4n) is 13.9. The predicted octanol–water partition coefficient (Wildman–Crippen LogP) is 16.5. The summed E-state index contributed by atoms with van der Waals surface area (Å²) in [6, 6.07) is 63.4. The number of nitrogens with zero attached hydrogens (tertiary/aromatic N) is 1. The van der Waals surface area contributed by atoms with Crippen molar-refractivity contribution in [3.05, 3.63) is 186 Å². The maximum Gasteiger partial charge on any atom is 0.0540 e. The summed E-state index contributed by atoms with van der Waals surface area (Å²) in [4.78, 5) is 2.66. The first kappa shape index (κ1) is 37.1. The second-order valence-electron chi connectivity index (χ2n) is 19.5. The van der Waals surface area contributed by atoms with Crippen LogP contribution in [0.1, 0.15) is 100 Å². The summed E-state index contributed by atoms with van der Waals surface area (Å²) in [6.07, 6.45) is 13.0. The molecule has 0 heterocycles. The third-order valence-electron chi connectivity index (χ3n) is 16.7. The van der Waals surface area contributed by atoms with E-state index >= 15 is 0 Å². The second-order valence-corrected chi connectivity index (χ2v) is 19.5. The normalized spacial score (nSPS) is 23.9.